The van der Waals surface area contributed by atoms with Crippen molar-refractivity contribution >= 4 is 11.5 Å². The molecular formula is C14H15F2N3. The lowest BCUT2D eigenvalue weighted by molar-refractivity contribution is 0.621. The van der Waals surface area contributed by atoms with Gasteiger partial charge in [0.1, 0.15) is 17.5 Å². The molecule has 0 atom stereocenters. The Morgan fingerprint density at radius 3 is 2.26 bits per heavy atom. The van der Waals surface area contributed by atoms with Crippen LogP contribution in [0.1, 0.15) is 6.42 Å². The van der Waals surface area contributed by atoms with Crippen molar-refractivity contribution in [2.24, 2.45) is 5.73 Å². The topological polar surface area (TPSA) is 42.1 Å². The summed E-state index contributed by atoms with van der Waals surface area (Å²) in [6.07, 6.45) is 1.92. The van der Waals surface area contributed by atoms with Gasteiger partial charge in [-0.2, -0.15) is 0 Å². The van der Waals surface area contributed by atoms with Gasteiger partial charge in [0.05, 0.1) is 6.20 Å². The molecule has 0 fully saturated rings. The Balaban J connectivity index is 2.29. The highest BCUT2D eigenvalue weighted by molar-refractivity contribution is 5.59. The van der Waals surface area contributed by atoms with Crippen molar-refractivity contribution in [3.8, 4) is 0 Å². The van der Waals surface area contributed by atoms with E-state index in [2.05, 4.69) is 4.98 Å². The fourth-order valence-corrected chi connectivity index (χ4v) is 1.77. The number of rotatable bonds is 5. The second-order valence-electron chi connectivity index (χ2n) is 4.10. The largest absolute Gasteiger partial charge is 0.330 e. The molecule has 2 rings (SSSR count). The minimum atomic E-state index is -0.387. The zero-order valence-electron chi connectivity index (χ0n) is 10.4. The van der Waals surface area contributed by atoms with Gasteiger partial charge in [-0.25, -0.2) is 13.8 Å². The molecule has 0 aliphatic carbocycles. The van der Waals surface area contributed by atoms with Gasteiger partial charge in [-0.1, -0.05) is 0 Å². The molecule has 5 heteroatoms. The summed E-state index contributed by atoms with van der Waals surface area (Å²) in [7, 11) is 0. The van der Waals surface area contributed by atoms with Crippen molar-refractivity contribution in [1.29, 1.82) is 0 Å². The van der Waals surface area contributed by atoms with Crippen LogP contribution in [-0.2, 0) is 0 Å². The third-order valence-corrected chi connectivity index (χ3v) is 2.71. The molecule has 1 aromatic carbocycles. The van der Waals surface area contributed by atoms with E-state index in [-0.39, 0.29) is 11.6 Å². The lowest BCUT2D eigenvalue weighted by atomic mass is 10.2. The first-order valence-corrected chi connectivity index (χ1v) is 6.05. The van der Waals surface area contributed by atoms with Crippen LogP contribution in [0.25, 0.3) is 0 Å². The second kappa shape index (κ2) is 6.24. The van der Waals surface area contributed by atoms with Gasteiger partial charge < -0.3 is 10.6 Å². The maximum Gasteiger partial charge on any atom is 0.141 e. The van der Waals surface area contributed by atoms with E-state index in [9.17, 15) is 8.78 Å². The van der Waals surface area contributed by atoms with Crippen molar-refractivity contribution in [1.82, 2.24) is 4.98 Å². The molecule has 3 nitrogen and oxygen atoms in total. The highest BCUT2D eigenvalue weighted by Gasteiger charge is 2.10. The Morgan fingerprint density at radius 2 is 1.68 bits per heavy atom. The fraction of sp³-hybridized carbons (Fsp3) is 0.214. The zero-order valence-corrected chi connectivity index (χ0v) is 10.4. The van der Waals surface area contributed by atoms with Gasteiger partial charge in [-0.05, 0) is 49.4 Å². The number of hydrogen-bond donors (Lipinski definition) is 1. The lowest BCUT2D eigenvalue weighted by Crippen LogP contribution is -2.21. The maximum atomic E-state index is 13.0. The molecule has 19 heavy (non-hydrogen) atoms. The van der Waals surface area contributed by atoms with Crippen LogP contribution in [0.15, 0.2) is 42.6 Å². The summed E-state index contributed by atoms with van der Waals surface area (Å²) in [5.74, 6) is -0.0716. The Kier molecular flexibility index (Phi) is 4.41. The molecule has 0 aliphatic rings. The minimum absolute atomic E-state index is 0.297. The van der Waals surface area contributed by atoms with E-state index in [1.165, 1.54) is 18.2 Å². The monoisotopic (exact) mass is 263 g/mol. The van der Waals surface area contributed by atoms with Crippen LogP contribution in [-0.4, -0.2) is 18.1 Å². The third-order valence-electron chi connectivity index (χ3n) is 2.71. The Labute approximate surface area is 110 Å². The average Bonchev–Trinajstić information content (AvgIpc) is 2.43. The van der Waals surface area contributed by atoms with E-state index in [1.807, 2.05) is 4.90 Å². The van der Waals surface area contributed by atoms with Crippen molar-refractivity contribution in [3.05, 3.63) is 54.2 Å². The molecule has 1 heterocycles. The van der Waals surface area contributed by atoms with Gasteiger partial charge in [0.2, 0.25) is 0 Å². The molecule has 0 radical (unpaired) electrons. The van der Waals surface area contributed by atoms with Gasteiger partial charge >= 0.3 is 0 Å². The Hall–Kier alpha value is -2.01. The number of hydrogen-bond acceptors (Lipinski definition) is 3. The van der Waals surface area contributed by atoms with Crippen molar-refractivity contribution in [2.45, 2.75) is 6.42 Å². The Bertz CT molecular complexity index is 466. The highest BCUT2D eigenvalue weighted by Crippen LogP contribution is 2.23. The van der Waals surface area contributed by atoms with Gasteiger partial charge in [-0.15, -0.1) is 0 Å². The summed E-state index contributed by atoms with van der Waals surface area (Å²) in [6.45, 7) is 1.18. The molecule has 100 valence electrons. The summed E-state index contributed by atoms with van der Waals surface area (Å²) in [4.78, 5) is 5.93. The van der Waals surface area contributed by atoms with Crippen molar-refractivity contribution < 1.29 is 8.78 Å². The van der Waals surface area contributed by atoms with Gasteiger partial charge in [0.25, 0.3) is 0 Å². The molecule has 0 spiro atoms. The van der Waals surface area contributed by atoms with Crippen molar-refractivity contribution in [3.63, 3.8) is 0 Å². The SMILES string of the molecule is NCCCN(c1ccc(F)cc1)c1ccc(F)cn1. The zero-order chi connectivity index (χ0) is 13.7. The minimum Gasteiger partial charge on any atom is -0.330 e. The molecular weight excluding hydrogens is 248 g/mol. The van der Waals surface area contributed by atoms with E-state index < -0.39 is 0 Å². The van der Waals surface area contributed by atoms with Gasteiger partial charge in [0, 0.05) is 12.2 Å². The van der Waals surface area contributed by atoms with E-state index in [1.54, 1.807) is 18.2 Å². The number of benzene rings is 1. The molecule has 0 bridgehead atoms. The van der Waals surface area contributed by atoms with Gasteiger partial charge in [0.15, 0.2) is 0 Å². The first-order valence-electron chi connectivity index (χ1n) is 6.05. The summed E-state index contributed by atoms with van der Waals surface area (Å²) in [6, 6.07) is 9.03. The number of aromatic nitrogens is 1. The van der Waals surface area contributed by atoms with Crippen molar-refractivity contribution in [2.75, 3.05) is 18.0 Å². The van der Waals surface area contributed by atoms with E-state index >= 15 is 0 Å². The first-order chi connectivity index (χ1) is 9.20. The van der Waals surface area contributed by atoms with E-state index in [0.29, 0.717) is 18.9 Å². The van der Waals surface area contributed by atoms with E-state index in [4.69, 9.17) is 5.73 Å². The lowest BCUT2D eigenvalue weighted by Gasteiger charge is -2.23. The molecule has 0 saturated heterocycles. The molecule has 2 aromatic rings. The van der Waals surface area contributed by atoms with Crippen LogP contribution in [0.4, 0.5) is 20.3 Å². The summed E-state index contributed by atoms with van der Waals surface area (Å²) < 4.78 is 25.9. The maximum absolute atomic E-state index is 13.0. The standard InChI is InChI=1S/C14H15F2N3/c15-11-2-5-13(6-3-11)19(9-1-8-17)14-7-4-12(16)10-18-14/h2-7,10H,1,8-9,17H2. The predicted octanol–water partition coefficient (Wildman–Crippen LogP) is 2.85. The molecule has 0 aliphatic heterocycles. The quantitative estimate of drug-likeness (QED) is 0.902. The van der Waals surface area contributed by atoms with Crippen LogP contribution in [0.3, 0.4) is 0 Å². The summed E-state index contributed by atoms with van der Waals surface area (Å²) in [5.41, 5.74) is 6.31. The number of nitrogens with two attached hydrogens (primary N) is 1. The molecule has 2 N–H and O–H groups in total. The second-order valence-corrected chi connectivity index (χ2v) is 4.10. The van der Waals surface area contributed by atoms with Gasteiger partial charge in [-0.3, -0.25) is 0 Å². The van der Waals surface area contributed by atoms with Crippen LogP contribution in [0.5, 0.6) is 0 Å². The number of nitrogens with zero attached hydrogens (tertiary/aromatic N) is 2. The van der Waals surface area contributed by atoms with Crippen LogP contribution < -0.4 is 10.6 Å². The number of pyridine rings is 1. The van der Waals surface area contributed by atoms with E-state index in [0.717, 1.165) is 18.3 Å². The van der Waals surface area contributed by atoms with Crippen LogP contribution in [0.2, 0.25) is 0 Å². The third kappa shape index (κ3) is 3.48. The Morgan fingerprint density at radius 1 is 1.00 bits per heavy atom. The number of halogens is 2. The van der Waals surface area contributed by atoms with Crippen LogP contribution in [0, 0.1) is 11.6 Å². The first kappa shape index (κ1) is 13.4. The molecule has 1 aromatic heterocycles. The molecule has 0 saturated carbocycles. The fourth-order valence-electron chi connectivity index (χ4n) is 1.77. The van der Waals surface area contributed by atoms with Crippen LogP contribution >= 0.6 is 0 Å². The average molecular weight is 263 g/mol. The molecule has 0 amide bonds. The predicted molar refractivity (Wildman–Crippen MR) is 71.3 cm³/mol. The smallest absolute Gasteiger partial charge is 0.141 e. The highest BCUT2D eigenvalue weighted by atomic mass is 19.1. The normalized spacial score (nSPS) is 10.5. The number of anilines is 2. The summed E-state index contributed by atoms with van der Waals surface area (Å²) in [5, 5.41) is 0. The summed E-state index contributed by atoms with van der Waals surface area (Å²) >= 11 is 0. The molecule has 0 unspecified atom stereocenters.